The molecule has 0 saturated heterocycles. The zero-order valence-corrected chi connectivity index (χ0v) is 12.2. The van der Waals surface area contributed by atoms with Gasteiger partial charge in [-0.25, -0.2) is 0 Å². The molecule has 2 aromatic rings. The van der Waals surface area contributed by atoms with Crippen molar-refractivity contribution in [2.24, 2.45) is 5.73 Å². The van der Waals surface area contributed by atoms with Crippen LogP contribution in [0.4, 0.5) is 0 Å². The van der Waals surface area contributed by atoms with Crippen LogP contribution in [0, 0.1) is 12.3 Å². The first-order valence-corrected chi connectivity index (χ1v) is 7.25. The lowest BCUT2D eigenvalue weighted by molar-refractivity contribution is 1.33. The van der Waals surface area contributed by atoms with Crippen molar-refractivity contribution in [2.75, 3.05) is 0 Å². The second-order valence-corrected chi connectivity index (χ2v) is 5.79. The number of nitrogens with one attached hydrogen (secondary N) is 1. The van der Waals surface area contributed by atoms with Gasteiger partial charge in [-0.05, 0) is 30.7 Å². The molecule has 0 heterocycles. The lowest BCUT2D eigenvalue weighted by Gasteiger charge is -2.06. The minimum atomic E-state index is 0.000217. The molecule has 4 heteroatoms. The maximum Gasteiger partial charge on any atom is 0.124 e. The smallest absolute Gasteiger partial charge is 0.124 e. The number of amidine groups is 1. The fourth-order valence-electron chi connectivity index (χ4n) is 1.77. The summed E-state index contributed by atoms with van der Waals surface area (Å²) in [6, 6.07) is 14.1. The van der Waals surface area contributed by atoms with E-state index in [2.05, 4.69) is 31.2 Å². The monoisotopic (exact) mass is 290 g/mol. The molecule has 0 aliphatic carbocycles. The third-order valence-electron chi connectivity index (χ3n) is 2.72. The minimum Gasteiger partial charge on any atom is -0.384 e. The second kappa shape index (κ2) is 6.13. The zero-order valence-electron chi connectivity index (χ0n) is 10.6. The van der Waals surface area contributed by atoms with Crippen LogP contribution >= 0.6 is 23.4 Å². The third-order valence-corrected chi connectivity index (χ3v) is 4.10. The molecule has 0 aliphatic heterocycles. The number of hydrogen-bond acceptors (Lipinski definition) is 2. The molecule has 2 nitrogen and oxygen atoms in total. The molecule has 0 fully saturated rings. The molecular formula is C15H15ClN2S. The SMILES string of the molecule is Cc1cccc(CSc2ccc(C(=N)N)c(Cl)c2)c1. The van der Waals surface area contributed by atoms with Crippen molar-refractivity contribution in [2.45, 2.75) is 17.6 Å². The fraction of sp³-hybridized carbons (Fsp3) is 0.133. The third kappa shape index (κ3) is 3.75. The molecule has 0 bridgehead atoms. The fourth-order valence-corrected chi connectivity index (χ4v) is 3.00. The largest absolute Gasteiger partial charge is 0.384 e. The Bertz CT molecular complexity index is 611. The van der Waals surface area contributed by atoms with Gasteiger partial charge in [-0.3, -0.25) is 5.41 Å². The Morgan fingerprint density at radius 1 is 1.26 bits per heavy atom. The molecule has 2 aromatic carbocycles. The standard InChI is InChI=1S/C15H15ClN2S/c1-10-3-2-4-11(7-10)9-19-12-5-6-13(15(17)18)14(16)8-12/h2-8H,9H2,1H3,(H3,17,18). The number of aryl methyl sites for hydroxylation is 1. The predicted molar refractivity (Wildman–Crippen MR) is 83.2 cm³/mol. The Morgan fingerprint density at radius 2 is 2.05 bits per heavy atom. The first-order valence-electron chi connectivity index (χ1n) is 5.88. The van der Waals surface area contributed by atoms with Gasteiger partial charge in [0, 0.05) is 16.2 Å². The highest BCUT2D eigenvalue weighted by Crippen LogP contribution is 2.27. The van der Waals surface area contributed by atoms with E-state index in [4.69, 9.17) is 22.7 Å². The summed E-state index contributed by atoms with van der Waals surface area (Å²) in [6.45, 7) is 2.09. The highest BCUT2D eigenvalue weighted by molar-refractivity contribution is 7.98. The van der Waals surface area contributed by atoms with Gasteiger partial charge in [0.05, 0.1) is 5.02 Å². The van der Waals surface area contributed by atoms with Gasteiger partial charge in [0.1, 0.15) is 5.84 Å². The van der Waals surface area contributed by atoms with Crippen molar-refractivity contribution in [3.8, 4) is 0 Å². The van der Waals surface area contributed by atoms with Crippen molar-refractivity contribution in [1.82, 2.24) is 0 Å². The lowest BCUT2D eigenvalue weighted by Crippen LogP contribution is -2.11. The molecule has 2 rings (SSSR count). The van der Waals surface area contributed by atoms with E-state index < -0.39 is 0 Å². The highest BCUT2D eigenvalue weighted by atomic mass is 35.5. The summed E-state index contributed by atoms with van der Waals surface area (Å²) in [4.78, 5) is 1.08. The average molecular weight is 291 g/mol. The Balaban J connectivity index is 2.08. The molecule has 0 aromatic heterocycles. The van der Waals surface area contributed by atoms with Gasteiger partial charge in [-0.2, -0.15) is 0 Å². The van der Waals surface area contributed by atoms with Crippen molar-refractivity contribution >= 4 is 29.2 Å². The van der Waals surface area contributed by atoms with Crippen LogP contribution in [-0.2, 0) is 5.75 Å². The van der Waals surface area contributed by atoms with Gasteiger partial charge in [0.2, 0.25) is 0 Å². The summed E-state index contributed by atoms with van der Waals surface area (Å²) < 4.78 is 0. The van der Waals surface area contributed by atoms with Gasteiger partial charge in [0.25, 0.3) is 0 Å². The molecule has 0 amide bonds. The number of benzene rings is 2. The molecular weight excluding hydrogens is 276 g/mol. The highest BCUT2D eigenvalue weighted by Gasteiger charge is 2.05. The normalized spacial score (nSPS) is 10.4. The van der Waals surface area contributed by atoms with Gasteiger partial charge in [-0.15, -0.1) is 11.8 Å². The molecule has 0 radical (unpaired) electrons. The Morgan fingerprint density at radius 3 is 2.68 bits per heavy atom. The van der Waals surface area contributed by atoms with Crippen LogP contribution in [0.25, 0.3) is 0 Å². The van der Waals surface area contributed by atoms with Crippen molar-refractivity contribution in [3.05, 3.63) is 64.2 Å². The summed E-state index contributed by atoms with van der Waals surface area (Å²) in [5.74, 6) is 0.900. The van der Waals surface area contributed by atoms with E-state index in [-0.39, 0.29) is 5.84 Å². The van der Waals surface area contributed by atoms with E-state index >= 15 is 0 Å². The van der Waals surface area contributed by atoms with Crippen LogP contribution in [0.15, 0.2) is 47.4 Å². The zero-order chi connectivity index (χ0) is 13.8. The van der Waals surface area contributed by atoms with Gasteiger partial charge in [0.15, 0.2) is 0 Å². The molecule has 0 spiro atoms. The lowest BCUT2D eigenvalue weighted by atomic mass is 10.2. The minimum absolute atomic E-state index is 0.000217. The number of rotatable bonds is 4. The summed E-state index contributed by atoms with van der Waals surface area (Å²) in [5, 5.41) is 7.92. The topological polar surface area (TPSA) is 49.9 Å². The van der Waals surface area contributed by atoms with Crippen LogP contribution in [0.2, 0.25) is 5.02 Å². The van der Waals surface area contributed by atoms with Crippen molar-refractivity contribution in [3.63, 3.8) is 0 Å². The van der Waals surface area contributed by atoms with E-state index in [1.165, 1.54) is 11.1 Å². The Hall–Kier alpha value is -1.45. The van der Waals surface area contributed by atoms with E-state index in [0.717, 1.165) is 10.6 Å². The van der Waals surface area contributed by atoms with Crippen LogP contribution in [0.5, 0.6) is 0 Å². The molecule has 3 N–H and O–H groups in total. The molecule has 0 atom stereocenters. The maximum atomic E-state index is 7.39. The quantitative estimate of drug-likeness (QED) is 0.503. The maximum absolute atomic E-state index is 7.39. The molecule has 0 saturated carbocycles. The molecule has 0 aliphatic rings. The van der Waals surface area contributed by atoms with Gasteiger partial charge in [-0.1, -0.05) is 41.4 Å². The van der Waals surface area contributed by atoms with Crippen LogP contribution in [-0.4, -0.2) is 5.84 Å². The number of nitrogens with two attached hydrogens (primary N) is 1. The van der Waals surface area contributed by atoms with Crippen LogP contribution < -0.4 is 5.73 Å². The number of nitrogen functional groups attached to an aromatic ring is 1. The van der Waals surface area contributed by atoms with Crippen molar-refractivity contribution < 1.29 is 0 Å². The second-order valence-electron chi connectivity index (χ2n) is 4.33. The summed E-state index contributed by atoms with van der Waals surface area (Å²) in [6.07, 6.45) is 0. The van der Waals surface area contributed by atoms with E-state index in [1.54, 1.807) is 17.8 Å². The van der Waals surface area contributed by atoms with Crippen LogP contribution in [0.3, 0.4) is 0 Å². The Labute approximate surface area is 122 Å². The summed E-state index contributed by atoms with van der Waals surface area (Å²) >= 11 is 7.82. The van der Waals surface area contributed by atoms with E-state index in [9.17, 15) is 0 Å². The van der Waals surface area contributed by atoms with E-state index in [1.807, 2.05) is 12.1 Å². The van der Waals surface area contributed by atoms with Gasteiger partial charge < -0.3 is 5.73 Å². The summed E-state index contributed by atoms with van der Waals surface area (Å²) in [5.41, 5.74) is 8.58. The number of hydrogen-bond donors (Lipinski definition) is 2. The van der Waals surface area contributed by atoms with Crippen LogP contribution in [0.1, 0.15) is 16.7 Å². The number of halogens is 1. The molecule has 0 unspecified atom stereocenters. The average Bonchev–Trinajstić information content (AvgIpc) is 2.36. The predicted octanol–water partition coefficient (Wildman–Crippen LogP) is 4.22. The van der Waals surface area contributed by atoms with E-state index in [0.29, 0.717) is 10.6 Å². The Kier molecular flexibility index (Phi) is 4.51. The van der Waals surface area contributed by atoms with Crippen molar-refractivity contribution in [1.29, 1.82) is 5.41 Å². The van der Waals surface area contributed by atoms with Gasteiger partial charge >= 0.3 is 0 Å². The number of thioether (sulfide) groups is 1. The summed E-state index contributed by atoms with van der Waals surface area (Å²) in [7, 11) is 0. The molecule has 19 heavy (non-hydrogen) atoms. The first-order chi connectivity index (χ1) is 9.06. The molecule has 98 valence electrons. The first kappa shape index (κ1) is 14.0.